The number of benzene rings is 2. The van der Waals surface area contributed by atoms with Crippen LogP contribution in [0.2, 0.25) is 0 Å². The fraction of sp³-hybridized carbons (Fsp3) is 0.235. The van der Waals surface area contributed by atoms with E-state index in [0.29, 0.717) is 11.6 Å². The molecule has 0 fully saturated rings. The number of hydrogen-bond acceptors (Lipinski definition) is 2. The van der Waals surface area contributed by atoms with Crippen LogP contribution >= 0.6 is 0 Å². The summed E-state index contributed by atoms with van der Waals surface area (Å²) in [6.45, 7) is -0.152. The molecule has 0 radical (unpaired) electrons. The highest BCUT2D eigenvalue weighted by molar-refractivity contribution is 5.43. The minimum Gasteiger partial charge on any atom is -0.493 e. The molecule has 0 unspecified atom stereocenters. The SMILES string of the molecule is N#Cc1ccc(OCCc2ccc(C(F)(F)F)cc2)c(C(F)(F)F)c1. The first-order valence-corrected chi connectivity index (χ1v) is 7.01. The van der Waals surface area contributed by atoms with Gasteiger partial charge in [-0.2, -0.15) is 31.6 Å². The maximum atomic E-state index is 13.0. The van der Waals surface area contributed by atoms with E-state index in [9.17, 15) is 26.3 Å². The third-order valence-corrected chi connectivity index (χ3v) is 3.34. The van der Waals surface area contributed by atoms with Gasteiger partial charge >= 0.3 is 12.4 Å². The number of ether oxygens (including phenoxy) is 1. The van der Waals surface area contributed by atoms with Crippen molar-refractivity contribution in [3.8, 4) is 11.8 Å². The summed E-state index contributed by atoms with van der Waals surface area (Å²) in [5.41, 5.74) is -1.53. The molecule has 2 aromatic rings. The molecule has 0 aromatic heterocycles. The molecule has 0 saturated carbocycles. The largest absolute Gasteiger partial charge is 0.493 e. The summed E-state index contributed by atoms with van der Waals surface area (Å²) in [6, 6.07) is 8.85. The maximum absolute atomic E-state index is 13.0. The Kier molecular flexibility index (Phi) is 5.26. The number of alkyl halides is 6. The number of nitrogens with zero attached hydrogens (tertiary/aromatic N) is 1. The van der Waals surface area contributed by atoms with Gasteiger partial charge in [0.25, 0.3) is 0 Å². The molecule has 0 bridgehead atoms. The molecule has 8 heteroatoms. The van der Waals surface area contributed by atoms with E-state index < -0.39 is 29.2 Å². The summed E-state index contributed by atoms with van der Waals surface area (Å²) in [7, 11) is 0. The first kappa shape index (κ1) is 18.6. The van der Waals surface area contributed by atoms with E-state index in [-0.39, 0.29) is 18.6 Å². The lowest BCUT2D eigenvalue weighted by molar-refractivity contribution is -0.139. The molecule has 2 aromatic carbocycles. The lowest BCUT2D eigenvalue weighted by Crippen LogP contribution is -2.11. The molecule has 0 aliphatic rings. The minimum absolute atomic E-state index is 0.134. The minimum atomic E-state index is -4.68. The topological polar surface area (TPSA) is 33.0 Å². The molecule has 0 aliphatic carbocycles. The van der Waals surface area contributed by atoms with E-state index in [2.05, 4.69) is 0 Å². The van der Waals surface area contributed by atoms with Crippen LogP contribution in [-0.4, -0.2) is 6.61 Å². The quantitative estimate of drug-likeness (QED) is 0.702. The monoisotopic (exact) mass is 359 g/mol. The second-order valence-electron chi connectivity index (χ2n) is 5.11. The van der Waals surface area contributed by atoms with Gasteiger partial charge in [0.1, 0.15) is 5.75 Å². The fourth-order valence-corrected chi connectivity index (χ4v) is 2.09. The Balaban J connectivity index is 2.06. The Hall–Kier alpha value is -2.69. The van der Waals surface area contributed by atoms with E-state index >= 15 is 0 Å². The molecule has 0 N–H and O–H groups in total. The number of nitriles is 1. The Bertz CT molecular complexity index is 772. The first-order valence-electron chi connectivity index (χ1n) is 7.01. The van der Waals surface area contributed by atoms with Crippen LogP contribution in [0, 0.1) is 11.3 Å². The fourth-order valence-electron chi connectivity index (χ4n) is 2.09. The summed E-state index contributed by atoms with van der Waals surface area (Å²) in [5, 5.41) is 8.68. The van der Waals surface area contributed by atoms with Gasteiger partial charge in [-0.15, -0.1) is 0 Å². The van der Waals surface area contributed by atoms with Gasteiger partial charge in [0.2, 0.25) is 0 Å². The van der Waals surface area contributed by atoms with Crippen LogP contribution in [0.5, 0.6) is 5.75 Å². The number of rotatable bonds is 4. The van der Waals surface area contributed by atoms with Gasteiger partial charge in [-0.05, 0) is 35.9 Å². The van der Waals surface area contributed by atoms with Gasteiger partial charge in [0.15, 0.2) is 0 Å². The van der Waals surface area contributed by atoms with Gasteiger partial charge in [-0.25, -0.2) is 0 Å². The molecule has 0 saturated heterocycles. The predicted octanol–water partition coefficient (Wildman–Crippen LogP) is 5.22. The molecular weight excluding hydrogens is 348 g/mol. The molecule has 25 heavy (non-hydrogen) atoms. The first-order chi connectivity index (χ1) is 11.6. The lowest BCUT2D eigenvalue weighted by Gasteiger charge is -2.14. The van der Waals surface area contributed by atoms with Gasteiger partial charge in [-0.3, -0.25) is 0 Å². The van der Waals surface area contributed by atoms with Crippen LogP contribution in [0.15, 0.2) is 42.5 Å². The molecule has 0 atom stereocenters. The van der Waals surface area contributed by atoms with Crippen molar-refractivity contribution in [2.45, 2.75) is 18.8 Å². The zero-order chi connectivity index (χ0) is 18.7. The molecule has 132 valence electrons. The second-order valence-corrected chi connectivity index (χ2v) is 5.11. The normalized spacial score (nSPS) is 11.9. The van der Waals surface area contributed by atoms with Crippen molar-refractivity contribution in [2.75, 3.05) is 6.61 Å². The Morgan fingerprint density at radius 1 is 0.880 bits per heavy atom. The Morgan fingerprint density at radius 2 is 1.52 bits per heavy atom. The van der Waals surface area contributed by atoms with Gasteiger partial charge in [-0.1, -0.05) is 12.1 Å². The molecular formula is C17H11F6NO. The number of hydrogen-bond donors (Lipinski definition) is 0. The van der Waals surface area contributed by atoms with Crippen molar-refractivity contribution in [1.29, 1.82) is 5.26 Å². The van der Waals surface area contributed by atoms with Crippen molar-refractivity contribution in [3.05, 3.63) is 64.7 Å². The predicted molar refractivity (Wildman–Crippen MR) is 76.8 cm³/mol. The van der Waals surface area contributed by atoms with Crippen LogP contribution in [-0.2, 0) is 18.8 Å². The lowest BCUT2D eigenvalue weighted by atomic mass is 10.1. The maximum Gasteiger partial charge on any atom is 0.420 e. The van der Waals surface area contributed by atoms with E-state index in [1.165, 1.54) is 18.2 Å². The van der Waals surface area contributed by atoms with E-state index in [1.807, 2.05) is 0 Å². The highest BCUT2D eigenvalue weighted by Crippen LogP contribution is 2.37. The van der Waals surface area contributed by atoms with Crippen LogP contribution in [0.4, 0.5) is 26.3 Å². The van der Waals surface area contributed by atoms with Gasteiger partial charge < -0.3 is 4.74 Å². The zero-order valence-corrected chi connectivity index (χ0v) is 12.6. The van der Waals surface area contributed by atoms with E-state index in [4.69, 9.17) is 10.00 Å². The summed E-state index contributed by atoms with van der Waals surface area (Å²) in [5.74, 6) is -0.432. The average molecular weight is 359 g/mol. The van der Waals surface area contributed by atoms with Crippen LogP contribution in [0.25, 0.3) is 0 Å². The zero-order valence-electron chi connectivity index (χ0n) is 12.6. The summed E-state index contributed by atoms with van der Waals surface area (Å²) in [4.78, 5) is 0. The van der Waals surface area contributed by atoms with Crippen LogP contribution in [0.3, 0.4) is 0 Å². The highest BCUT2D eigenvalue weighted by Gasteiger charge is 2.34. The third-order valence-electron chi connectivity index (χ3n) is 3.34. The summed E-state index contributed by atoms with van der Waals surface area (Å²) < 4.78 is 81.4. The van der Waals surface area contributed by atoms with Crippen molar-refractivity contribution >= 4 is 0 Å². The van der Waals surface area contributed by atoms with Crippen molar-refractivity contribution in [3.63, 3.8) is 0 Å². The van der Waals surface area contributed by atoms with E-state index in [1.54, 1.807) is 6.07 Å². The average Bonchev–Trinajstić information content (AvgIpc) is 2.54. The standard InChI is InChI=1S/C17H11F6NO/c18-16(19,20)13-4-1-11(2-5-13)7-8-25-15-6-3-12(10-24)9-14(15)17(21,22)23/h1-6,9H,7-8H2. The summed E-state index contributed by atoms with van der Waals surface area (Å²) >= 11 is 0. The third kappa shape index (κ3) is 4.89. The van der Waals surface area contributed by atoms with Crippen LogP contribution < -0.4 is 4.74 Å². The van der Waals surface area contributed by atoms with Crippen molar-refractivity contribution in [2.24, 2.45) is 0 Å². The molecule has 0 spiro atoms. The highest BCUT2D eigenvalue weighted by atomic mass is 19.4. The molecule has 2 rings (SSSR count). The van der Waals surface area contributed by atoms with Crippen LogP contribution in [0.1, 0.15) is 22.3 Å². The second kappa shape index (κ2) is 7.05. The molecule has 0 amide bonds. The van der Waals surface area contributed by atoms with Crippen molar-refractivity contribution in [1.82, 2.24) is 0 Å². The number of halogens is 6. The Labute approximate surface area is 139 Å². The Morgan fingerprint density at radius 3 is 2.04 bits per heavy atom. The summed E-state index contributed by atoms with van der Waals surface area (Å²) in [6.07, 6.45) is -8.99. The van der Waals surface area contributed by atoms with Gasteiger partial charge in [0.05, 0.1) is 29.4 Å². The smallest absolute Gasteiger partial charge is 0.420 e. The van der Waals surface area contributed by atoms with Crippen molar-refractivity contribution < 1.29 is 31.1 Å². The van der Waals surface area contributed by atoms with Gasteiger partial charge in [0, 0.05) is 6.42 Å². The van der Waals surface area contributed by atoms with E-state index in [0.717, 1.165) is 18.2 Å². The molecule has 0 heterocycles. The molecule has 0 aliphatic heterocycles. The molecule has 2 nitrogen and oxygen atoms in total.